The van der Waals surface area contributed by atoms with Crippen molar-refractivity contribution in [2.45, 2.75) is 20.0 Å². The molecule has 2 aromatic carbocycles. The van der Waals surface area contributed by atoms with Crippen molar-refractivity contribution in [1.82, 2.24) is 4.90 Å². The van der Waals surface area contributed by atoms with Crippen molar-refractivity contribution >= 4 is 23.2 Å². The van der Waals surface area contributed by atoms with Crippen LogP contribution in [-0.2, 0) is 6.18 Å². The zero-order valence-corrected chi connectivity index (χ0v) is 17.4. The summed E-state index contributed by atoms with van der Waals surface area (Å²) in [4.78, 5) is 28.4. The number of rotatable bonds is 5. The van der Waals surface area contributed by atoms with Gasteiger partial charge in [0.05, 0.1) is 5.56 Å². The number of halogens is 3. The monoisotopic (exact) mass is 434 g/mol. The van der Waals surface area contributed by atoms with Gasteiger partial charge in [-0.15, -0.1) is 0 Å². The molecule has 1 saturated heterocycles. The van der Waals surface area contributed by atoms with Crippen molar-refractivity contribution in [2.75, 3.05) is 42.9 Å². The number of hydrogen-bond donors (Lipinski definition) is 2. The summed E-state index contributed by atoms with van der Waals surface area (Å²) in [6.45, 7) is 7.27. The molecule has 0 atom stereocenters. The number of carbonyl (C=O) groups excluding carboxylic acids is 2. The van der Waals surface area contributed by atoms with Gasteiger partial charge in [-0.05, 0) is 49.4 Å². The average Bonchev–Trinajstić information content (AvgIpc) is 2.74. The lowest BCUT2D eigenvalue weighted by molar-refractivity contribution is -0.137. The first kappa shape index (κ1) is 22.6. The number of aryl methyl sites for hydroxylation is 1. The van der Waals surface area contributed by atoms with E-state index in [4.69, 9.17) is 5.73 Å². The largest absolute Gasteiger partial charge is 0.416 e. The third kappa shape index (κ3) is 5.35. The zero-order chi connectivity index (χ0) is 22.8. The Morgan fingerprint density at radius 2 is 1.74 bits per heavy atom. The molecule has 0 saturated carbocycles. The molecule has 0 aliphatic carbocycles. The molecule has 1 fully saturated rings. The number of amides is 2. The van der Waals surface area contributed by atoms with Crippen molar-refractivity contribution in [3.8, 4) is 0 Å². The van der Waals surface area contributed by atoms with Gasteiger partial charge in [0, 0.05) is 48.7 Å². The Hall–Kier alpha value is -3.07. The molecule has 9 heteroatoms. The van der Waals surface area contributed by atoms with E-state index in [1.165, 1.54) is 12.1 Å². The maximum absolute atomic E-state index is 13.5. The van der Waals surface area contributed by atoms with Crippen LogP contribution in [0.2, 0.25) is 0 Å². The summed E-state index contributed by atoms with van der Waals surface area (Å²) < 4.78 is 40.5. The van der Waals surface area contributed by atoms with E-state index in [1.54, 1.807) is 19.1 Å². The van der Waals surface area contributed by atoms with Crippen molar-refractivity contribution in [1.29, 1.82) is 0 Å². The second-order valence-electron chi connectivity index (χ2n) is 7.54. The Morgan fingerprint density at radius 1 is 1.06 bits per heavy atom. The highest BCUT2D eigenvalue weighted by Gasteiger charge is 2.32. The van der Waals surface area contributed by atoms with Crippen LogP contribution in [0.1, 0.15) is 38.8 Å². The van der Waals surface area contributed by atoms with Crippen LogP contribution < -0.4 is 16.0 Å². The number of primary amides is 1. The number of nitrogens with two attached hydrogens (primary N) is 1. The van der Waals surface area contributed by atoms with Crippen LogP contribution in [0.4, 0.5) is 24.5 Å². The minimum Gasteiger partial charge on any atom is -0.369 e. The summed E-state index contributed by atoms with van der Waals surface area (Å²) in [5.74, 6) is -1.35. The lowest BCUT2D eigenvalue weighted by Crippen LogP contribution is -2.46. The van der Waals surface area contributed by atoms with E-state index in [1.807, 2.05) is 11.8 Å². The highest BCUT2D eigenvalue weighted by Crippen LogP contribution is 2.33. The number of piperazine rings is 1. The van der Waals surface area contributed by atoms with E-state index in [9.17, 15) is 22.8 Å². The number of alkyl halides is 3. The fourth-order valence-corrected chi connectivity index (χ4v) is 3.58. The van der Waals surface area contributed by atoms with E-state index in [0.717, 1.165) is 31.8 Å². The second kappa shape index (κ2) is 8.97. The summed E-state index contributed by atoms with van der Waals surface area (Å²) in [5, 5.41) is 2.56. The Kier molecular flexibility index (Phi) is 6.54. The van der Waals surface area contributed by atoms with Gasteiger partial charge in [-0.1, -0.05) is 13.0 Å². The molecule has 0 unspecified atom stereocenters. The smallest absolute Gasteiger partial charge is 0.369 e. The van der Waals surface area contributed by atoms with E-state index in [-0.39, 0.29) is 16.8 Å². The fraction of sp³-hybridized carbons (Fsp3) is 0.364. The molecule has 2 amide bonds. The van der Waals surface area contributed by atoms with Crippen molar-refractivity contribution in [2.24, 2.45) is 5.73 Å². The quantitative estimate of drug-likeness (QED) is 0.755. The van der Waals surface area contributed by atoms with Crippen LogP contribution in [0.3, 0.4) is 0 Å². The average molecular weight is 434 g/mol. The van der Waals surface area contributed by atoms with Gasteiger partial charge in [-0.2, -0.15) is 13.2 Å². The molecule has 31 heavy (non-hydrogen) atoms. The van der Waals surface area contributed by atoms with Crippen LogP contribution >= 0.6 is 0 Å². The molecule has 0 radical (unpaired) electrons. The summed E-state index contributed by atoms with van der Waals surface area (Å²) in [7, 11) is 0. The molecule has 3 rings (SSSR count). The number of nitrogens with zero attached hydrogens (tertiary/aromatic N) is 2. The van der Waals surface area contributed by atoms with Crippen LogP contribution in [0, 0.1) is 6.92 Å². The van der Waals surface area contributed by atoms with Crippen LogP contribution in [-0.4, -0.2) is 49.4 Å². The molecule has 0 spiro atoms. The Balaban J connectivity index is 1.90. The van der Waals surface area contributed by atoms with Crippen molar-refractivity contribution in [3.05, 3.63) is 58.7 Å². The standard InChI is InChI=1S/C22H25F3N4O2/c1-3-28-6-8-29(9-7-28)18-11-15(10-16(12-18)22(23,24)25)21(31)27-17-5-4-14(2)19(13-17)20(26)30/h4-5,10-13H,3,6-9H2,1-2H3,(H2,26,30)(H,27,31). The molecule has 166 valence electrons. The minimum absolute atomic E-state index is 0.107. The predicted octanol–water partition coefficient (Wildman–Crippen LogP) is 3.51. The third-order valence-corrected chi connectivity index (χ3v) is 5.45. The van der Waals surface area contributed by atoms with Gasteiger partial charge in [0.15, 0.2) is 0 Å². The number of likely N-dealkylation sites (N-methyl/N-ethyl adjacent to an activating group) is 1. The van der Waals surface area contributed by atoms with Gasteiger partial charge in [-0.25, -0.2) is 0 Å². The van der Waals surface area contributed by atoms with E-state index in [0.29, 0.717) is 24.3 Å². The first-order valence-electron chi connectivity index (χ1n) is 10.00. The molecule has 2 aromatic rings. The van der Waals surface area contributed by atoms with Gasteiger partial charge in [0.2, 0.25) is 5.91 Å². The highest BCUT2D eigenvalue weighted by molar-refractivity contribution is 6.06. The molecular weight excluding hydrogens is 409 g/mol. The molecule has 6 nitrogen and oxygen atoms in total. The third-order valence-electron chi connectivity index (χ3n) is 5.45. The first-order chi connectivity index (χ1) is 14.6. The number of nitrogens with one attached hydrogen (secondary N) is 1. The minimum atomic E-state index is -4.58. The first-order valence-corrected chi connectivity index (χ1v) is 10.00. The lowest BCUT2D eigenvalue weighted by Gasteiger charge is -2.36. The van der Waals surface area contributed by atoms with Crippen molar-refractivity contribution < 1.29 is 22.8 Å². The summed E-state index contributed by atoms with van der Waals surface area (Å²) in [6.07, 6.45) is -4.58. The Bertz CT molecular complexity index is 983. The number of anilines is 2. The van der Waals surface area contributed by atoms with Crippen LogP contribution in [0.25, 0.3) is 0 Å². The number of carbonyl (C=O) groups is 2. The predicted molar refractivity (Wildman–Crippen MR) is 113 cm³/mol. The van der Waals surface area contributed by atoms with Crippen LogP contribution in [0.15, 0.2) is 36.4 Å². The molecular formula is C22H25F3N4O2. The van der Waals surface area contributed by atoms with Gasteiger partial charge in [0.25, 0.3) is 5.91 Å². The van der Waals surface area contributed by atoms with Gasteiger partial charge < -0.3 is 20.9 Å². The van der Waals surface area contributed by atoms with Gasteiger partial charge in [0.1, 0.15) is 0 Å². The topological polar surface area (TPSA) is 78.7 Å². The zero-order valence-electron chi connectivity index (χ0n) is 17.4. The van der Waals surface area contributed by atoms with Crippen molar-refractivity contribution in [3.63, 3.8) is 0 Å². The van der Waals surface area contributed by atoms with E-state index >= 15 is 0 Å². The van der Waals surface area contributed by atoms with E-state index in [2.05, 4.69) is 10.2 Å². The molecule has 1 aliphatic rings. The SMILES string of the molecule is CCN1CCN(c2cc(C(=O)Nc3ccc(C)c(C(N)=O)c3)cc(C(F)(F)F)c2)CC1. The fourth-order valence-electron chi connectivity index (χ4n) is 3.58. The molecule has 0 bridgehead atoms. The summed E-state index contributed by atoms with van der Waals surface area (Å²) >= 11 is 0. The molecule has 3 N–H and O–H groups in total. The van der Waals surface area contributed by atoms with Crippen LogP contribution in [0.5, 0.6) is 0 Å². The normalized spacial score (nSPS) is 15.1. The maximum atomic E-state index is 13.5. The second-order valence-corrected chi connectivity index (χ2v) is 7.54. The van der Waals surface area contributed by atoms with E-state index < -0.39 is 23.6 Å². The maximum Gasteiger partial charge on any atom is 0.416 e. The summed E-state index contributed by atoms with van der Waals surface area (Å²) in [5.41, 5.74) is 5.85. The number of benzene rings is 2. The molecule has 1 aliphatic heterocycles. The summed E-state index contributed by atoms with van der Waals surface area (Å²) in [6, 6.07) is 7.97. The Labute approximate surface area is 178 Å². The lowest BCUT2D eigenvalue weighted by atomic mass is 10.1. The van der Waals surface area contributed by atoms with Gasteiger partial charge in [-0.3, -0.25) is 9.59 Å². The van der Waals surface area contributed by atoms with Gasteiger partial charge >= 0.3 is 6.18 Å². The Morgan fingerprint density at radius 3 is 2.32 bits per heavy atom. The molecule has 1 heterocycles. The highest BCUT2D eigenvalue weighted by atomic mass is 19.4. The number of hydrogen-bond acceptors (Lipinski definition) is 4. The molecule has 0 aromatic heterocycles.